The van der Waals surface area contributed by atoms with E-state index in [2.05, 4.69) is 15.7 Å². The molecule has 2 aromatic rings. The van der Waals surface area contributed by atoms with Crippen molar-refractivity contribution in [2.24, 2.45) is 0 Å². The number of hydrogen-bond donors (Lipinski definition) is 2. The summed E-state index contributed by atoms with van der Waals surface area (Å²) in [4.78, 5) is 23.2. The van der Waals surface area contributed by atoms with Crippen molar-refractivity contribution in [2.45, 2.75) is 12.7 Å². The molecule has 2 amide bonds. The van der Waals surface area contributed by atoms with Crippen LogP contribution in [0, 0.1) is 0 Å². The fourth-order valence-corrected chi connectivity index (χ4v) is 1.80. The quantitative estimate of drug-likeness (QED) is 0.901. The first kappa shape index (κ1) is 16.5. The lowest BCUT2D eigenvalue weighted by Crippen LogP contribution is -2.20. The highest BCUT2D eigenvalue weighted by molar-refractivity contribution is 5.95. The van der Waals surface area contributed by atoms with Gasteiger partial charge in [0.05, 0.1) is 0 Å². The molecule has 6 nitrogen and oxygen atoms in total. The third kappa shape index (κ3) is 4.31. The molecule has 2 rings (SSSR count). The monoisotopic (exact) mass is 326 g/mol. The lowest BCUT2D eigenvalue weighted by Gasteiger charge is -2.07. The normalized spacial score (nSPS) is 11.1. The molecule has 1 heterocycles. The van der Waals surface area contributed by atoms with Crippen LogP contribution in [0.25, 0.3) is 0 Å². The zero-order valence-corrected chi connectivity index (χ0v) is 12.0. The molecule has 122 valence electrons. The predicted molar refractivity (Wildman–Crippen MR) is 75.7 cm³/mol. The van der Waals surface area contributed by atoms with E-state index in [-0.39, 0.29) is 12.5 Å². The van der Waals surface area contributed by atoms with E-state index in [0.29, 0.717) is 11.3 Å². The Kier molecular flexibility index (Phi) is 4.68. The molecule has 0 spiro atoms. The van der Waals surface area contributed by atoms with Crippen molar-refractivity contribution in [3.05, 3.63) is 47.8 Å². The molecule has 1 aromatic heterocycles. The summed E-state index contributed by atoms with van der Waals surface area (Å²) in [5.74, 6) is -0.798. The molecule has 1 aromatic carbocycles. The summed E-state index contributed by atoms with van der Waals surface area (Å²) in [7, 11) is 1.50. The van der Waals surface area contributed by atoms with E-state index in [1.54, 1.807) is 0 Å². The number of carbonyl (C=O) groups excluding carboxylic acids is 2. The van der Waals surface area contributed by atoms with Gasteiger partial charge in [-0.15, -0.1) is 0 Å². The Bertz CT molecular complexity index is 708. The lowest BCUT2D eigenvalue weighted by molar-refractivity contribution is -0.141. The Labute approximate surface area is 129 Å². The summed E-state index contributed by atoms with van der Waals surface area (Å²) in [6.45, 7) is -0.354. The van der Waals surface area contributed by atoms with Crippen LogP contribution in [0.1, 0.15) is 16.1 Å². The van der Waals surface area contributed by atoms with Gasteiger partial charge in [-0.05, 0) is 30.3 Å². The third-order valence-corrected chi connectivity index (χ3v) is 2.89. The molecule has 0 aliphatic rings. The van der Waals surface area contributed by atoms with Crippen LogP contribution < -0.4 is 10.6 Å². The van der Waals surface area contributed by atoms with Crippen molar-refractivity contribution in [2.75, 3.05) is 12.4 Å². The van der Waals surface area contributed by atoms with Crippen molar-refractivity contribution in [1.29, 1.82) is 0 Å². The Morgan fingerprint density at radius 3 is 2.35 bits per heavy atom. The maximum Gasteiger partial charge on any atom is 0.435 e. The van der Waals surface area contributed by atoms with Gasteiger partial charge in [0, 0.05) is 24.5 Å². The number of nitrogens with zero attached hydrogens (tertiary/aromatic N) is 2. The number of alkyl halides is 3. The van der Waals surface area contributed by atoms with Crippen LogP contribution in [0.15, 0.2) is 36.5 Å². The molecule has 0 radical (unpaired) electrons. The summed E-state index contributed by atoms with van der Waals surface area (Å²) in [6.07, 6.45) is -3.46. The number of anilines is 1. The zero-order chi connectivity index (χ0) is 17.0. The van der Waals surface area contributed by atoms with E-state index < -0.39 is 17.8 Å². The van der Waals surface area contributed by atoms with Crippen LogP contribution in [-0.4, -0.2) is 28.6 Å². The number of nitrogens with one attached hydrogen (secondary N) is 2. The van der Waals surface area contributed by atoms with Crippen LogP contribution >= 0.6 is 0 Å². The topological polar surface area (TPSA) is 76.0 Å². The molecular formula is C14H13F3N4O2. The molecule has 0 aliphatic carbocycles. The first-order valence-corrected chi connectivity index (χ1v) is 6.52. The van der Waals surface area contributed by atoms with Crippen LogP contribution in [-0.2, 0) is 17.5 Å². The highest BCUT2D eigenvalue weighted by atomic mass is 19.4. The second-order valence-corrected chi connectivity index (χ2v) is 4.60. The van der Waals surface area contributed by atoms with Crippen molar-refractivity contribution < 1.29 is 22.8 Å². The van der Waals surface area contributed by atoms with E-state index >= 15 is 0 Å². The van der Waals surface area contributed by atoms with Crippen LogP contribution in [0.5, 0.6) is 0 Å². The fourth-order valence-electron chi connectivity index (χ4n) is 1.80. The van der Waals surface area contributed by atoms with E-state index in [9.17, 15) is 22.8 Å². The minimum Gasteiger partial charge on any atom is -0.355 e. The first-order valence-electron chi connectivity index (χ1n) is 6.52. The predicted octanol–water partition coefficient (Wildman–Crippen LogP) is 1.90. The zero-order valence-electron chi connectivity index (χ0n) is 12.0. The summed E-state index contributed by atoms with van der Waals surface area (Å²) in [6, 6.07) is 6.87. The van der Waals surface area contributed by atoms with Gasteiger partial charge in [0.1, 0.15) is 6.54 Å². The van der Waals surface area contributed by atoms with Crippen LogP contribution in [0.4, 0.5) is 18.9 Å². The molecule has 0 unspecified atom stereocenters. The van der Waals surface area contributed by atoms with Gasteiger partial charge in [0.2, 0.25) is 5.91 Å². The molecule has 2 N–H and O–H groups in total. The molecule has 0 atom stereocenters. The SMILES string of the molecule is CNC(=O)c1ccc(NC(=O)Cn2ccc(C(F)(F)F)n2)cc1. The highest BCUT2D eigenvalue weighted by Crippen LogP contribution is 2.27. The Hall–Kier alpha value is -2.84. The van der Waals surface area contributed by atoms with E-state index in [1.807, 2.05) is 0 Å². The number of benzene rings is 1. The van der Waals surface area contributed by atoms with Gasteiger partial charge >= 0.3 is 6.18 Å². The Morgan fingerprint density at radius 1 is 1.17 bits per heavy atom. The van der Waals surface area contributed by atoms with Gasteiger partial charge < -0.3 is 10.6 Å². The maximum atomic E-state index is 12.4. The molecular weight excluding hydrogens is 313 g/mol. The number of aromatic nitrogens is 2. The van der Waals surface area contributed by atoms with Crippen LogP contribution in [0.3, 0.4) is 0 Å². The molecule has 0 aliphatic heterocycles. The van der Waals surface area contributed by atoms with E-state index in [4.69, 9.17) is 0 Å². The molecule has 0 fully saturated rings. The summed E-state index contributed by atoms with van der Waals surface area (Å²) >= 11 is 0. The van der Waals surface area contributed by atoms with Gasteiger partial charge in [-0.1, -0.05) is 0 Å². The minimum absolute atomic E-state index is 0.265. The first-order chi connectivity index (χ1) is 10.8. The number of halogens is 3. The standard InChI is InChI=1S/C14H13F3N4O2/c1-18-13(23)9-2-4-10(5-3-9)19-12(22)8-21-7-6-11(20-21)14(15,16)17/h2-7H,8H2,1H3,(H,18,23)(H,19,22). The number of carbonyl (C=O) groups is 2. The molecule has 9 heteroatoms. The number of hydrogen-bond acceptors (Lipinski definition) is 3. The molecule has 0 bridgehead atoms. The maximum absolute atomic E-state index is 12.4. The van der Waals surface area contributed by atoms with Gasteiger partial charge in [-0.2, -0.15) is 18.3 Å². The highest BCUT2D eigenvalue weighted by Gasteiger charge is 2.33. The van der Waals surface area contributed by atoms with Crippen molar-refractivity contribution >= 4 is 17.5 Å². The van der Waals surface area contributed by atoms with E-state index in [0.717, 1.165) is 16.9 Å². The molecule has 0 saturated heterocycles. The average molecular weight is 326 g/mol. The number of rotatable bonds is 4. The van der Waals surface area contributed by atoms with Crippen LogP contribution in [0.2, 0.25) is 0 Å². The average Bonchev–Trinajstić information content (AvgIpc) is 2.95. The lowest BCUT2D eigenvalue weighted by atomic mass is 10.2. The second-order valence-electron chi connectivity index (χ2n) is 4.60. The molecule has 23 heavy (non-hydrogen) atoms. The fraction of sp³-hybridized carbons (Fsp3) is 0.214. The van der Waals surface area contributed by atoms with E-state index in [1.165, 1.54) is 31.3 Å². The summed E-state index contributed by atoms with van der Waals surface area (Å²) < 4.78 is 38.1. The van der Waals surface area contributed by atoms with Crippen molar-refractivity contribution in [3.8, 4) is 0 Å². The number of amides is 2. The smallest absolute Gasteiger partial charge is 0.355 e. The Morgan fingerprint density at radius 2 is 1.83 bits per heavy atom. The third-order valence-electron chi connectivity index (χ3n) is 2.89. The van der Waals surface area contributed by atoms with Gasteiger partial charge in [-0.3, -0.25) is 14.3 Å². The Balaban J connectivity index is 1.97. The van der Waals surface area contributed by atoms with Gasteiger partial charge in [-0.25, -0.2) is 0 Å². The second kappa shape index (κ2) is 6.51. The van der Waals surface area contributed by atoms with Crippen molar-refractivity contribution in [3.63, 3.8) is 0 Å². The minimum atomic E-state index is -4.54. The molecule has 0 saturated carbocycles. The van der Waals surface area contributed by atoms with Crippen molar-refractivity contribution in [1.82, 2.24) is 15.1 Å². The summed E-state index contributed by atoms with van der Waals surface area (Å²) in [5.41, 5.74) is -0.210. The largest absolute Gasteiger partial charge is 0.435 e. The van der Waals surface area contributed by atoms with Gasteiger partial charge in [0.15, 0.2) is 5.69 Å². The summed E-state index contributed by atoms with van der Waals surface area (Å²) in [5, 5.41) is 8.26. The van der Waals surface area contributed by atoms with Gasteiger partial charge in [0.25, 0.3) is 5.91 Å².